The number of carbonyl (C=O) groups excluding carboxylic acids is 1. The molecule has 0 heterocycles. The zero-order chi connectivity index (χ0) is 16.7. The Morgan fingerprint density at radius 1 is 1.22 bits per heavy atom. The Morgan fingerprint density at radius 2 is 1.91 bits per heavy atom. The summed E-state index contributed by atoms with van der Waals surface area (Å²) in [6.07, 6.45) is 6.39. The molecular formula is C20H30O3. The quantitative estimate of drug-likeness (QED) is 0.615. The molecule has 0 spiro atoms. The van der Waals surface area contributed by atoms with Gasteiger partial charge < -0.3 is 9.47 Å². The van der Waals surface area contributed by atoms with Crippen molar-refractivity contribution in [2.45, 2.75) is 59.3 Å². The number of hydrogen-bond donors (Lipinski definition) is 0. The standard InChI is InChI=1S/C20H30O3/c1-4-22-19(21)14-20(2,3)13-12-16-8-10-18(11-9-16)23-15-17-6-5-7-17/h8-11,17H,4-7,12-15H2,1-3H3. The van der Waals surface area contributed by atoms with Crippen LogP contribution in [-0.2, 0) is 16.0 Å². The van der Waals surface area contributed by atoms with Gasteiger partial charge in [0.1, 0.15) is 5.75 Å². The van der Waals surface area contributed by atoms with Gasteiger partial charge in [-0.25, -0.2) is 0 Å². The molecule has 1 aromatic rings. The van der Waals surface area contributed by atoms with E-state index in [2.05, 4.69) is 38.1 Å². The van der Waals surface area contributed by atoms with E-state index in [-0.39, 0.29) is 11.4 Å². The van der Waals surface area contributed by atoms with Gasteiger partial charge in [0.05, 0.1) is 19.6 Å². The van der Waals surface area contributed by atoms with Gasteiger partial charge in [-0.05, 0) is 61.6 Å². The predicted molar refractivity (Wildman–Crippen MR) is 92.6 cm³/mol. The van der Waals surface area contributed by atoms with Crippen LogP contribution in [0.4, 0.5) is 0 Å². The molecule has 128 valence electrons. The Labute approximate surface area is 140 Å². The van der Waals surface area contributed by atoms with Crippen LogP contribution in [-0.4, -0.2) is 19.2 Å². The highest BCUT2D eigenvalue weighted by Crippen LogP contribution is 2.29. The Bertz CT molecular complexity index is 486. The van der Waals surface area contributed by atoms with E-state index in [9.17, 15) is 4.79 Å². The number of ether oxygens (including phenoxy) is 2. The highest BCUT2D eigenvalue weighted by molar-refractivity contribution is 5.70. The van der Waals surface area contributed by atoms with Crippen LogP contribution < -0.4 is 4.74 Å². The summed E-state index contributed by atoms with van der Waals surface area (Å²) in [6.45, 7) is 7.41. The second kappa shape index (κ2) is 8.37. The molecule has 0 saturated heterocycles. The number of hydrogen-bond acceptors (Lipinski definition) is 3. The van der Waals surface area contributed by atoms with Crippen LogP contribution in [0.3, 0.4) is 0 Å². The molecule has 0 radical (unpaired) electrons. The smallest absolute Gasteiger partial charge is 0.306 e. The molecule has 0 amide bonds. The van der Waals surface area contributed by atoms with Crippen molar-refractivity contribution < 1.29 is 14.3 Å². The molecule has 3 heteroatoms. The van der Waals surface area contributed by atoms with Gasteiger partial charge >= 0.3 is 5.97 Å². The lowest BCUT2D eigenvalue weighted by molar-refractivity contribution is -0.145. The molecule has 0 unspecified atom stereocenters. The SMILES string of the molecule is CCOC(=O)CC(C)(C)CCc1ccc(OCC2CCC2)cc1. The van der Waals surface area contributed by atoms with E-state index in [0.717, 1.165) is 31.1 Å². The summed E-state index contributed by atoms with van der Waals surface area (Å²) in [5.41, 5.74) is 1.25. The van der Waals surface area contributed by atoms with E-state index in [0.29, 0.717) is 13.0 Å². The highest BCUT2D eigenvalue weighted by atomic mass is 16.5. The number of benzene rings is 1. The summed E-state index contributed by atoms with van der Waals surface area (Å²) in [5, 5.41) is 0. The summed E-state index contributed by atoms with van der Waals surface area (Å²) >= 11 is 0. The molecule has 1 aliphatic rings. The van der Waals surface area contributed by atoms with E-state index in [1.807, 2.05) is 6.92 Å². The van der Waals surface area contributed by atoms with Gasteiger partial charge in [-0.1, -0.05) is 32.4 Å². The monoisotopic (exact) mass is 318 g/mol. The largest absolute Gasteiger partial charge is 0.493 e. The molecule has 0 aliphatic heterocycles. The minimum Gasteiger partial charge on any atom is -0.493 e. The third kappa shape index (κ3) is 6.25. The van der Waals surface area contributed by atoms with Crippen LogP contribution in [0.25, 0.3) is 0 Å². The first kappa shape index (κ1) is 17.8. The molecule has 2 rings (SSSR count). The van der Waals surface area contributed by atoms with Crippen LogP contribution in [0.1, 0.15) is 58.4 Å². The molecule has 23 heavy (non-hydrogen) atoms. The van der Waals surface area contributed by atoms with E-state index >= 15 is 0 Å². The van der Waals surface area contributed by atoms with Crippen LogP contribution in [0.5, 0.6) is 5.75 Å². The first-order valence-electron chi connectivity index (χ1n) is 8.86. The Morgan fingerprint density at radius 3 is 2.48 bits per heavy atom. The molecule has 3 nitrogen and oxygen atoms in total. The van der Waals surface area contributed by atoms with E-state index < -0.39 is 0 Å². The second-order valence-corrected chi connectivity index (χ2v) is 7.40. The summed E-state index contributed by atoms with van der Waals surface area (Å²) in [6, 6.07) is 8.39. The van der Waals surface area contributed by atoms with Crippen LogP contribution >= 0.6 is 0 Å². The molecule has 0 atom stereocenters. The van der Waals surface area contributed by atoms with Crippen molar-refractivity contribution >= 4 is 5.97 Å². The lowest BCUT2D eigenvalue weighted by Gasteiger charge is -2.25. The minimum absolute atomic E-state index is 0.0361. The van der Waals surface area contributed by atoms with Gasteiger partial charge in [0, 0.05) is 0 Å². The van der Waals surface area contributed by atoms with Crippen molar-refractivity contribution in [3.63, 3.8) is 0 Å². The predicted octanol–water partition coefficient (Wildman–Crippen LogP) is 4.78. The Balaban J connectivity index is 1.74. The van der Waals surface area contributed by atoms with Crippen LogP contribution in [0.15, 0.2) is 24.3 Å². The fraction of sp³-hybridized carbons (Fsp3) is 0.650. The topological polar surface area (TPSA) is 35.5 Å². The van der Waals surface area contributed by atoms with Crippen LogP contribution in [0, 0.1) is 11.3 Å². The summed E-state index contributed by atoms with van der Waals surface area (Å²) in [5.74, 6) is 1.63. The van der Waals surface area contributed by atoms with Crippen molar-refractivity contribution in [1.29, 1.82) is 0 Å². The zero-order valence-electron chi connectivity index (χ0n) is 14.8. The van der Waals surface area contributed by atoms with E-state index in [1.54, 1.807) is 0 Å². The first-order chi connectivity index (χ1) is 11.0. The van der Waals surface area contributed by atoms with Gasteiger partial charge in [-0.15, -0.1) is 0 Å². The number of carbonyl (C=O) groups is 1. The molecule has 1 fully saturated rings. The maximum atomic E-state index is 11.6. The maximum absolute atomic E-state index is 11.6. The van der Waals surface area contributed by atoms with Gasteiger partial charge in [0.25, 0.3) is 0 Å². The number of rotatable bonds is 9. The lowest BCUT2D eigenvalue weighted by Crippen LogP contribution is -2.20. The average molecular weight is 318 g/mol. The summed E-state index contributed by atoms with van der Waals surface area (Å²) in [4.78, 5) is 11.6. The Hall–Kier alpha value is -1.51. The third-order valence-corrected chi connectivity index (χ3v) is 4.65. The van der Waals surface area contributed by atoms with E-state index in [4.69, 9.17) is 9.47 Å². The van der Waals surface area contributed by atoms with Gasteiger partial charge in [0.15, 0.2) is 0 Å². The molecule has 0 N–H and O–H groups in total. The van der Waals surface area contributed by atoms with Crippen molar-refractivity contribution in [2.24, 2.45) is 11.3 Å². The normalized spacial score (nSPS) is 15.1. The lowest BCUT2D eigenvalue weighted by atomic mass is 9.83. The first-order valence-corrected chi connectivity index (χ1v) is 8.86. The van der Waals surface area contributed by atoms with Crippen molar-refractivity contribution in [3.8, 4) is 5.75 Å². The van der Waals surface area contributed by atoms with Crippen molar-refractivity contribution in [1.82, 2.24) is 0 Å². The molecule has 1 aliphatic carbocycles. The number of esters is 1. The minimum atomic E-state index is -0.0998. The molecule has 0 bridgehead atoms. The fourth-order valence-corrected chi connectivity index (χ4v) is 2.80. The van der Waals surface area contributed by atoms with Crippen molar-refractivity contribution in [2.75, 3.05) is 13.2 Å². The summed E-state index contributed by atoms with van der Waals surface area (Å²) in [7, 11) is 0. The Kier molecular flexibility index (Phi) is 6.49. The average Bonchev–Trinajstić information content (AvgIpc) is 2.44. The number of aryl methyl sites for hydroxylation is 1. The van der Waals surface area contributed by atoms with Crippen LogP contribution in [0.2, 0.25) is 0 Å². The fourth-order valence-electron chi connectivity index (χ4n) is 2.80. The van der Waals surface area contributed by atoms with Gasteiger partial charge in [0.2, 0.25) is 0 Å². The second-order valence-electron chi connectivity index (χ2n) is 7.40. The van der Waals surface area contributed by atoms with Gasteiger partial charge in [-0.3, -0.25) is 4.79 Å². The zero-order valence-corrected chi connectivity index (χ0v) is 14.8. The summed E-state index contributed by atoms with van der Waals surface area (Å²) < 4.78 is 10.9. The highest BCUT2D eigenvalue weighted by Gasteiger charge is 2.22. The van der Waals surface area contributed by atoms with Gasteiger partial charge in [-0.2, -0.15) is 0 Å². The molecule has 0 aromatic heterocycles. The molecule has 1 aromatic carbocycles. The molecular weight excluding hydrogens is 288 g/mol. The van der Waals surface area contributed by atoms with E-state index in [1.165, 1.54) is 24.8 Å². The maximum Gasteiger partial charge on any atom is 0.306 e. The van der Waals surface area contributed by atoms with Crippen molar-refractivity contribution in [3.05, 3.63) is 29.8 Å². The third-order valence-electron chi connectivity index (χ3n) is 4.65. The molecule has 1 saturated carbocycles.